The molecule has 0 saturated heterocycles. The van der Waals surface area contributed by atoms with Gasteiger partial charge in [-0.3, -0.25) is 18.6 Å². The van der Waals surface area contributed by atoms with E-state index in [9.17, 15) is 34.1 Å². The maximum Gasteiger partial charge on any atom is 0.472 e. The monoisotopic (exact) mass is 974 g/mol. The Morgan fingerprint density at radius 1 is 0.418 bits per heavy atom. The number of carboxylic acid groups (broad SMARTS) is 1. The van der Waals surface area contributed by atoms with E-state index in [-0.39, 0.29) is 12.8 Å². The zero-order chi connectivity index (χ0) is 49.2. The molecule has 11 nitrogen and oxygen atoms in total. The third-order valence-corrected chi connectivity index (χ3v) is 14.1. The van der Waals surface area contributed by atoms with Crippen molar-refractivity contribution in [3.8, 4) is 0 Å². The highest BCUT2D eigenvalue weighted by molar-refractivity contribution is 7.47. The predicted molar refractivity (Wildman–Crippen MR) is 277 cm³/mol. The highest BCUT2D eigenvalue weighted by Crippen LogP contribution is 2.43. The van der Waals surface area contributed by atoms with Gasteiger partial charge >= 0.3 is 19.8 Å². The largest absolute Gasteiger partial charge is 0.480 e. The first-order chi connectivity index (χ1) is 32.6. The number of phosphoric acid groups is 1. The number of esters is 1. The molecule has 1 amide bonds. The molecular weight excluding hydrogens is 866 g/mol. The standard InChI is InChI=1S/C55H108NO10P/c1-3-5-7-9-11-13-15-17-19-21-23-24-25-26-27-29-31-33-35-37-39-41-43-45-47-54(59)64-48-51(57)49-65-67(62,63)66-50-52(55(60)61)56-53(58)46-44-42-40-38-36-34-32-30-28-22-20-18-16-14-12-10-8-6-4-2/h51-52,57H,3-50H2,1-2H3,(H,56,58)(H,60,61)(H,62,63). The summed E-state index contributed by atoms with van der Waals surface area (Å²) >= 11 is 0. The van der Waals surface area contributed by atoms with Gasteiger partial charge in [0.25, 0.3) is 0 Å². The number of amides is 1. The van der Waals surface area contributed by atoms with Crippen LogP contribution in [0.4, 0.5) is 0 Å². The minimum Gasteiger partial charge on any atom is -0.480 e. The zero-order valence-electron chi connectivity index (χ0n) is 43.7. The maximum atomic E-state index is 12.4. The van der Waals surface area contributed by atoms with Gasteiger partial charge in [0.2, 0.25) is 5.91 Å². The first-order valence-corrected chi connectivity index (χ1v) is 30.1. The Kier molecular flexibility index (Phi) is 49.7. The van der Waals surface area contributed by atoms with E-state index in [0.717, 1.165) is 38.5 Å². The normalized spacial score (nSPS) is 13.4. The summed E-state index contributed by atoms with van der Waals surface area (Å²) in [5.41, 5.74) is 0. The number of hydrogen-bond donors (Lipinski definition) is 4. The molecule has 0 fully saturated rings. The Bertz CT molecular complexity index is 1140. The topological polar surface area (TPSA) is 169 Å². The Hall–Kier alpha value is -1.52. The van der Waals surface area contributed by atoms with Crippen molar-refractivity contribution in [2.75, 3.05) is 19.8 Å². The van der Waals surface area contributed by atoms with Crippen LogP contribution >= 0.6 is 7.82 Å². The molecule has 0 aromatic rings. The van der Waals surface area contributed by atoms with Crippen molar-refractivity contribution in [3.63, 3.8) is 0 Å². The predicted octanol–water partition coefficient (Wildman–Crippen LogP) is 16.2. The van der Waals surface area contributed by atoms with Gasteiger partial charge in [0.1, 0.15) is 12.7 Å². The minimum absolute atomic E-state index is 0.153. The maximum absolute atomic E-state index is 12.4. The van der Waals surface area contributed by atoms with Gasteiger partial charge in [-0.25, -0.2) is 9.36 Å². The first-order valence-electron chi connectivity index (χ1n) is 28.6. The quantitative estimate of drug-likeness (QED) is 0.0261. The highest BCUT2D eigenvalue weighted by Gasteiger charge is 2.28. The number of aliphatic hydroxyl groups is 1. The summed E-state index contributed by atoms with van der Waals surface area (Å²) < 4.78 is 27.0. The van der Waals surface area contributed by atoms with Crippen molar-refractivity contribution in [1.29, 1.82) is 0 Å². The second-order valence-electron chi connectivity index (χ2n) is 19.9. The summed E-state index contributed by atoms with van der Waals surface area (Å²) in [7, 11) is -4.76. The van der Waals surface area contributed by atoms with Crippen molar-refractivity contribution in [3.05, 3.63) is 0 Å². The average Bonchev–Trinajstić information content (AvgIpc) is 3.31. The number of unbranched alkanes of at least 4 members (excludes halogenated alkanes) is 41. The molecule has 0 spiro atoms. The molecular formula is C55H108NO10P. The fourth-order valence-electron chi connectivity index (χ4n) is 8.73. The fraction of sp³-hybridized carbons (Fsp3) is 0.945. The Labute approximate surface area is 412 Å². The molecule has 0 aromatic carbocycles. The van der Waals surface area contributed by atoms with Crippen molar-refractivity contribution in [2.24, 2.45) is 0 Å². The highest BCUT2D eigenvalue weighted by atomic mass is 31.2. The van der Waals surface area contributed by atoms with Crippen molar-refractivity contribution < 1.29 is 47.8 Å². The molecule has 3 atom stereocenters. The second-order valence-corrected chi connectivity index (χ2v) is 21.3. The van der Waals surface area contributed by atoms with Crippen molar-refractivity contribution >= 4 is 25.7 Å². The molecule has 0 aliphatic carbocycles. The second kappa shape index (κ2) is 50.9. The number of ether oxygens (including phenoxy) is 1. The van der Waals surface area contributed by atoms with Crippen LogP contribution in [0, 0.1) is 0 Å². The number of carbonyl (C=O) groups excluding carboxylic acids is 2. The first kappa shape index (κ1) is 65.5. The third-order valence-electron chi connectivity index (χ3n) is 13.1. The minimum atomic E-state index is -4.76. The lowest BCUT2D eigenvalue weighted by Gasteiger charge is -2.18. The van der Waals surface area contributed by atoms with E-state index in [2.05, 4.69) is 19.2 Å². The Morgan fingerprint density at radius 2 is 0.687 bits per heavy atom. The van der Waals surface area contributed by atoms with Gasteiger partial charge in [-0.1, -0.05) is 277 Å². The number of aliphatic carboxylic acids is 1. The third kappa shape index (κ3) is 50.7. The van der Waals surface area contributed by atoms with E-state index in [0.29, 0.717) is 12.8 Å². The molecule has 0 rings (SSSR count). The lowest BCUT2D eigenvalue weighted by Crippen LogP contribution is -2.43. The number of carboxylic acids is 1. The SMILES string of the molecule is CCCCCCCCCCCCCCCCCCCCCCCCCCC(=O)OCC(O)COP(=O)(O)OCC(NC(=O)CCCCCCCCCCCCCCCCCCCCC)C(=O)O. The average molecular weight is 974 g/mol. The van der Waals surface area contributed by atoms with Crippen LogP contribution in [-0.4, -0.2) is 64.9 Å². The van der Waals surface area contributed by atoms with Crippen LogP contribution in [0.1, 0.15) is 303 Å². The summed E-state index contributed by atoms with van der Waals surface area (Å²) in [4.78, 5) is 46.2. The molecule has 0 radical (unpaired) electrons. The number of nitrogens with one attached hydrogen (secondary N) is 1. The molecule has 0 aliphatic heterocycles. The van der Waals surface area contributed by atoms with E-state index in [4.69, 9.17) is 13.8 Å². The zero-order valence-corrected chi connectivity index (χ0v) is 44.6. The van der Waals surface area contributed by atoms with Crippen molar-refractivity contribution in [2.45, 2.75) is 315 Å². The summed E-state index contributed by atoms with van der Waals surface area (Å²) in [6, 6.07) is -1.54. The number of phosphoric ester groups is 1. The molecule has 0 bridgehead atoms. The Morgan fingerprint density at radius 3 is 0.985 bits per heavy atom. The summed E-state index contributed by atoms with van der Waals surface area (Å²) in [6.07, 6.45) is 54.2. The molecule has 0 saturated carbocycles. The van der Waals surface area contributed by atoms with Crippen LogP contribution in [0.15, 0.2) is 0 Å². The van der Waals surface area contributed by atoms with Gasteiger partial charge in [0.05, 0.1) is 13.2 Å². The van der Waals surface area contributed by atoms with Gasteiger partial charge < -0.3 is 25.2 Å². The van der Waals surface area contributed by atoms with Crippen LogP contribution in [-0.2, 0) is 32.7 Å². The van der Waals surface area contributed by atoms with Crippen LogP contribution < -0.4 is 5.32 Å². The van der Waals surface area contributed by atoms with Gasteiger partial charge in [-0.2, -0.15) is 0 Å². The molecule has 67 heavy (non-hydrogen) atoms. The lowest BCUT2D eigenvalue weighted by atomic mass is 10.0. The van der Waals surface area contributed by atoms with E-state index < -0.39 is 57.6 Å². The summed E-state index contributed by atoms with van der Waals surface area (Å²) in [5, 5.41) is 22.0. The van der Waals surface area contributed by atoms with Gasteiger partial charge in [-0.15, -0.1) is 0 Å². The van der Waals surface area contributed by atoms with E-state index in [1.54, 1.807) is 0 Å². The van der Waals surface area contributed by atoms with Gasteiger partial charge in [0.15, 0.2) is 6.04 Å². The molecule has 0 heterocycles. The fourth-order valence-corrected chi connectivity index (χ4v) is 9.50. The van der Waals surface area contributed by atoms with E-state index >= 15 is 0 Å². The van der Waals surface area contributed by atoms with Crippen molar-refractivity contribution in [1.82, 2.24) is 5.32 Å². The number of carbonyl (C=O) groups is 3. The van der Waals surface area contributed by atoms with E-state index in [1.165, 1.54) is 225 Å². The van der Waals surface area contributed by atoms with Crippen LogP contribution in [0.3, 0.4) is 0 Å². The van der Waals surface area contributed by atoms with Gasteiger partial charge in [-0.05, 0) is 12.8 Å². The number of rotatable bonds is 55. The van der Waals surface area contributed by atoms with Gasteiger partial charge in [0, 0.05) is 12.8 Å². The van der Waals surface area contributed by atoms with E-state index in [1.807, 2.05) is 0 Å². The summed E-state index contributed by atoms with van der Waals surface area (Å²) in [5.74, 6) is -2.34. The molecule has 0 aromatic heterocycles. The van der Waals surface area contributed by atoms with Crippen LogP contribution in [0.2, 0.25) is 0 Å². The molecule has 3 unspecified atom stereocenters. The molecule has 4 N–H and O–H groups in total. The molecule has 0 aliphatic rings. The Balaban J connectivity index is 3.71. The van der Waals surface area contributed by atoms with Crippen LogP contribution in [0.5, 0.6) is 0 Å². The number of hydrogen-bond acceptors (Lipinski definition) is 8. The van der Waals surface area contributed by atoms with Crippen LogP contribution in [0.25, 0.3) is 0 Å². The smallest absolute Gasteiger partial charge is 0.472 e. The molecule has 398 valence electrons. The molecule has 12 heteroatoms. The number of aliphatic hydroxyl groups excluding tert-OH is 1. The summed E-state index contributed by atoms with van der Waals surface area (Å²) in [6.45, 7) is 2.68. The lowest BCUT2D eigenvalue weighted by molar-refractivity contribution is -0.147.